The molecule has 2 saturated carbocycles. The highest BCUT2D eigenvalue weighted by Gasteiger charge is 2.40. The highest BCUT2D eigenvalue weighted by atomic mass is 16.6. The quantitative estimate of drug-likeness (QED) is 0.727. The van der Waals surface area contributed by atoms with Crippen LogP contribution in [0.3, 0.4) is 0 Å². The second-order valence-corrected chi connectivity index (χ2v) is 9.02. The molecule has 1 amide bonds. The number of hydrogen-bond acceptors (Lipinski definition) is 3. The molecule has 3 rings (SSSR count). The lowest BCUT2D eigenvalue weighted by atomic mass is 9.80. The molecule has 2 aliphatic carbocycles. The standard InChI is InChI=1S/C23H34N2O2/c1-5-18(11-16-9-7-6-8-10-16)20-14-21(20)24-15-17-12-19(13-17)25-22(26)27-23(2,3)4/h6-11,17,19-21,24H,5,12-15H2,1-4H3,(H,25,26)/b18-11+/t17?,19?,20-,21+/m0/s1. The van der Waals surface area contributed by atoms with Crippen molar-refractivity contribution in [3.05, 3.63) is 41.5 Å². The first-order valence-corrected chi connectivity index (χ1v) is 10.3. The van der Waals surface area contributed by atoms with Crippen LogP contribution in [0.25, 0.3) is 6.08 Å². The van der Waals surface area contributed by atoms with E-state index < -0.39 is 5.60 Å². The fraction of sp³-hybridized carbons (Fsp3) is 0.609. The van der Waals surface area contributed by atoms with Gasteiger partial charge in [0.2, 0.25) is 0 Å². The molecule has 0 spiro atoms. The van der Waals surface area contributed by atoms with E-state index in [0.717, 1.165) is 25.8 Å². The average molecular weight is 371 g/mol. The molecule has 1 aromatic rings. The zero-order valence-corrected chi connectivity index (χ0v) is 17.1. The Morgan fingerprint density at radius 2 is 1.89 bits per heavy atom. The van der Waals surface area contributed by atoms with E-state index in [1.54, 1.807) is 5.57 Å². The molecule has 0 aliphatic heterocycles. The van der Waals surface area contributed by atoms with E-state index in [4.69, 9.17) is 4.74 Å². The highest BCUT2D eigenvalue weighted by Crippen LogP contribution is 2.40. The van der Waals surface area contributed by atoms with E-state index in [1.807, 2.05) is 20.8 Å². The lowest BCUT2D eigenvalue weighted by Gasteiger charge is -2.36. The van der Waals surface area contributed by atoms with Gasteiger partial charge in [-0.25, -0.2) is 4.79 Å². The van der Waals surface area contributed by atoms with Crippen LogP contribution < -0.4 is 10.6 Å². The van der Waals surface area contributed by atoms with Gasteiger partial charge in [-0.2, -0.15) is 0 Å². The van der Waals surface area contributed by atoms with Gasteiger partial charge < -0.3 is 15.4 Å². The second-order valence-electron chi connectivity index (χ2n) is 9.02. The van der Waals surface area contributed by atoms with Crippen LogP contribution in [0.15, 0.2) is 35.9 Å². The Morgan fingerprint density at radius 1 is 1.19 bits per heavy atom. The average Bonchev–Trinajstić information content (AvgIpc) is 3.33. The molecule has 4 heteroatoms. The first-order chi connectivity index (χ1) is 12.8. The Kier molecular flexibility index (Phi) is 6.25. The molecule has 0 unspecified atom stereocenters. The van der Waals surface area contributed by atoms with E-state index in [9.17, 15) is 4.79 Å². The SMILES string of the molecule is CC/C(=C\c1ccccc1)[C@@H]1C[C@H]1NCC1CC(NC(=O)OC(C)(C)C)C1. The van der Waals surface area contributed by atoms with Crippen LogP contribution in [0, 0.1) is 11.8 Å². The molecule has 2 N–H and O–H groups in total. The maximum atomic E-state index is 11.8. The lowest BCUT2D eigenvalue weighted by Crippen LogP contribution is -2.48. The number of rotatable bonds is 7. The minimum atomic E-state index is -0.431. The summed E-state index contributed by atoms with van der Waals surface area (Å²) in [6.45, 7) is 8.98. The summed E-state index contributed by atoms with van der Waals surface area (Å²) >= 11 is 0. The van der Waals surface area contributed by atoms with Crippen LogP contribution in [0.4, 0.5) is 4.79 Å². The Balaban J connectivity index is 1.35. The molecule has 0 heterocycles. The molecule has 2 fully saturated rings. The van der Waals surface area contributed by atoms with Crippen molar-refractivity contribution in [3.8, 4) is 0 Å². The molecule has 148 valence electrons. The molecular weight excluding hydrogens is 336 g/mol. The van der Waals surface area contributed by atoms with E-state index >= 15 is 0 Å². The number of carbonyl (C=O) groups excluding carboxylic acids is 1. The molecule has 0 radical (unpaired) electrons. The van der Waals surface area contributed by atoms with Crippen LogP contribution in [0.2, 0.25) is 0 Å². The molecule has 0 bridgehead atoms. The zero-order valence-electron chi connectivity index (χ0n) is 17.1. The molecule has 27 heavy (non-hydrogen) atoms. The zero-order chi connectivity index (χ0) is 19.4. The van der Waals surface area contributed by atoms with E-state index in [-0.39, 0.29) is 12.1 Å². The summed E-state index contributed by atoms with van der Waals surface area (Å²) in [5, 5.41) is 6.71. The van der Waals surface area contributed by atoms with Gasteiger partial charge in [-0.1, -0.05) is 48.9 Å². The molecule has 0 aromatic heterocycles. The second kappa shape index (κ2) is 8.47. The molecular formula is C23H34N2O2. The molecule has 0 saturated heterocycles. The summed E-state index contributed by atoms with van der Waals surface area (Å²) in [4.78, 5) is 11.8. The van der Waals surface area contributed by atoms with Gasteiger partial charge in [-0.15, -0.1) is 0 Å². The predicted molar refractivity (Wildman–Crippen MR) is 110 cm³/mol. The van der Waals surface area contributed by atoms with E-state index in [1.165, 1.54) is 12.0 Å². The van der Waals surface area contributed by atoms with Gasteiger partial charge in [0, 0.05) is 12.1 Å². The summed E-state index contributed by atoms with van der Waals surface area (Å²) in [6, 6.07) is 11.5. The Hall–Kier alpha value is -1.81. The first-order valence-electron chi connectivity index (χ1n) is 10.3. The Labute approximate surface area is 163 Å². The van der Waals surface area contributed by atoms with Crippen LogP contribution in [0.5, 0.6) is 0 Å². The number of alkyl carbamates (subject to hydrolysis) is 1. The van der Waals surface area contributed by atoms with E-state index in [0.29, 0.717) is 17.9 Å². The molecule has 4 nitrogen and oxygen atoms in total. The van der Waals surface area contributed by atoms with Crippen LogP contribution in [-0.4, -0.2) is 30.3 Å². The first kappa shape index (κ1) is 19.9. The topological polar surface area (TPSA) is 50.4 Å². The van der Waals surface area contributed by atoms with Gasteiger partial charge in [0.05, 0.1) is 0 Å². The van der Waals surface area contributed by atoms with Crippen LogP contribution >= 0.6 is 0 Å². The minimum Gasteiger partial charge on any atom is -0.444 e. The Bertz CT molecular complexity index is 657. The normalized spacial score (nSPS) is 27.6. The third-order valence-corrected chi connectivity index (χ3v) is 5.45. The van der Waals surface area contributed by atoms with Crippen molar-refractivity contribution >= 4 is 12.2 Å². The number of hydrogen-bond donors (Lipinski definition) is 2. The van der Waals surface area contributed by atoms with Crippen molar-refractivity contribution in [2.45, 2.75) is 71.1 Å². The van der Waals surface area contributed by atoms with Gasteiger partial charge in [-0.3, -0.25) is 0 Å². The number of ether oxygens (including phenoxy) is 1. The van der Waals surface area contributed by atoms with Crippen LogP contribution in [-0.2, 0) is 4.74 Å². The summed E-state index contributed by atoms with van der Waals surface area (Å²) < 4.78 is 5.32. The summed E-state index contributed by atoms with van der Waals surface area (Å²) in [5.41, 5.74) is 2.42. The third kappa shape index (κ3) is 6.10. The van der Waals surface area contributed by atoms with Crippen molar-refractivity contribution in [2.75, 3.05) is 6.54 Å². The lowest BCUT2D eigenvalue weighted by molar-refractivity contribution is 0.0452. The molecule has 2 aliphatic rings. The van der Waals surface area contributed by atoms with Crippen molar-refractivity contribution in [1.29, 1.82) is 0 Å². The number of nitrogens with one attached hydrogen (secondary N) is 2. The highest BCUT2D eigenvalue weighted by molar-refractivity contribution is 5.68. The number of benzene rings is 1. The van der Waals surface area contributed by atoms with Gasteiger partial charge in [0.1, 0.15) is 5.60 Å². The van der Waals surface area contributed by atoms with Gasteiger partial charge >= 0.3 is 6.09 Å². The fourth-order valence-corrected chi connectivity index (χ4v) is 3.88. The smallest absolute Gasteiger partial charge is 0.407 e. The third-order valence-electron chi connectivity index (χ3n) is 5.45. The van der Waals surface area contributed by atoms with Gasteiger partial charge in [-0.05, 0) is 70.4 Å². The van der Waals surface area contributed by atoms with Gasteiger partial charge in [0.25, 0.3) is 0 Å². The van der Waals surface area contributed by atoms with Crippen LogP contribution in [0.1, 0.15) is 58.9 Å². The fourth-order valence-electron chi connectivity index (χ4n) is 3.88. The number of amides is 1. The van der Waals surface area contributed by atoms with Gasteiger partial charge in [0.15, 0.2) is 0 Å². The predicted octanol–water partition coefficient (Wildman–Crippen LogP) is 4.76. The van der Waals surface area contributed by atoms with Crippen molar-refractivity contribution < 1.29 is 9.53 Å². The van der Waals surface area contributed by atoms with Crippen molar-refractivity contribution in [3.63, 3.8) is 0 Å². The maximum Gasteiger partial charge on any atom is 0.407 e. The van der Waals surface area contributed by atoms with E-state index in [2.05, 4.69) is 54.0 Å². The summed E-state index contributed by atoms with van der Waals surface area (Å²) in [7, 11) is 0. The summed E-state index contributed by atoms with van der Waals surface area (Å²) in [6.07, 6.45) is 6.52. The number of carbonyl (C=O) groups is 1. The monoisotopic (exact) mass is 370 g/mol. The largest absolute Gasteiger partial charge is 0.444 e. The summed E-state index contributed by atoms with van der Waals surface area (Å²) in [5.74, 6) is 1.35. The van der Waals surface area contributed by atoms with Crippen molar-refractivity contribution in [2.24, 2.45) is 11.8 Å². The molecule has 1 aromatic carbocycles. The minimum absolute atomic E-state index is 0.269. The molecule has 2 atom stereocenters. The maximum absolute atomic E-state index is 11.8. The Morgan fingerprint density at radius 3 is 2.52 bits per heavy atom. The van der Waals surface area contributed by atoms with Crippen molar-refractivity contribution in [1.82, 2.24) is 10.6 Å².